The van der Waals surface area contributed by atoms with E-state index in [2.05, 4.69) is 44.5 Å². The molecule has 4 aromatic rings. The number of aryl methyl sites for hydroxylation is 2. The maximum absolute atomic E-state index is 13.0. The van der Waals surface area contributed by atoms with Gasteiger partial charge in [0.05, 0.1) is 30.9 Å². The van der Waals surface area contributed by atoms with Crippen LogP contribution in [0.5, 0.6) is 0 Å². The lowest BCUT2D eigenvalue weighted by atomic mass is 9.95. The predicted molar refractivity (Wildman–Crippen MR) is 126 cm³/mol. The first-order valence-corrected chi connectivity index (χ1v) is 11.7. The van der Waals surface area contributed by atoms with Crippen LogP contribution in [0.3, 0.4) is 0 Å². The van der Waals surface area contributed by atoms with Gasteiger partial charge in [-0.2, -0.15) is 0 Å². The van der Waals surface area contributed by atoms with Crippen LogP contribution in [0.4, 0.5) is 0 Å². The summed E-state index contributed by atoms with van der Waals surface area (Å²) in [6.07, 6.45) is 7.60. The predicted octanol–water partition coefficient (Wildman–Crippen LogP) is 4.43. The lowest BCUT2D eigenvalue weighted by Gasteiger charge is -2.25. The standard InChI is InChI=1S/C25H30N6O2/c1-17-10-11-19-13-20(25(32)26-24(19)18(17)2)14-30(15-22-9-6-12-33-22)16-23-27-28-29-31(23)21-7-4-3-5-8-21/h6,9-13,21H,3-5,7-8,14-16H2,1-2H3,(H,26,32). The molecule has 3 heterocycles. The number of nitrogens with zero attached hydrogens (tertiary/aromatic N) is 5. The molecule has 8 nitrogen and oxygen atoms in total. The second-order valence-electron chi connectivity index (χ2n) is 9.15. The SMILES string of the molecule is Cc1ccc2cc(CN(Cc3ccco3)Cc3nnnn3C3CCCCC3)c(=O)[nH]c2c1C. The second-order valence-corrected chi connectivity index (χ2v) is 9.15. The van der Waals surface area contributed by atoms with Crippen molar-refractivity contribution in [1.29, 1.82) is 0 Å². The van der Waals surface area contributed by atoms with E-state index in [-0.39, 0.29) is 5.56 Å². The molecule has 1 aromatic carbocycles. The number of nitrogens with one attached hydrogen (secondary N) is 1. The summed E-state index contributed by atoms with van der Waals surface area (Å²) in [6.45, 7) is 5.67. The molecule has 33 heavy (non-hydrogen) atoms. The normalized spacial score (nSPS) is 15.0. The Balaban J connectivity index is 1.44. The Kier molecular flexibility index (Phi) is 6.09. The number of fused-ring (bicyclic) bond motifs is 1. The van der Waals surface area contributed by atoms with Gasteiger partial charge in [-0.25, -0.2) is 4.68 Å². The minimum Gasteiger partial charge on any atom is -0.468 e. The fraction of sp³-hybridized carbons (Fsp3) is 0.440. The monoisotopic (exact) mass is 446 g/mol. The van der Waals surface area contributed by atoms with Crippen molar-refractivity contribution in [3.63, 3.8) is 0 Å². The minimum atomic E-state index is -0.0625. The number of rotatable bonds is 7. The fourth-order valence-corrected chi connectivity index (χ4v) is 4.84. The summed E-state index contributed by atoms with van der Waals surface area (Å²) >= 11 is 0. The van der Waals surface area contributed by atoms with Gasteiger partial charge in [-0.1, -0.05) is 31.4 Å². The van der Waals surface area contributed by atoms with Gasteiger partial charge < -0.3 is 9.40 Å². The molecule has 3 aromatic heterocycles. The zero-order valence-corrected chi connectivity index (χ0v) is 19.3. The maximum atomic E-state index is 13.0. The molecule has 1 aliphatic rings. The smallest absolute Gasteiger partial charge is 0.252 e. The van der Waals surface area contributed by atoms with E-state index in [0.29, 0.717) is 31.2 Å². The Morgan fingerprint density at radius 1 is 1.12 bits per heavy atom. The van der Waals surface area contributed by atoms with Gasteiger partial charge >= 0.3 is 0 Å². The van der Waals surface area contributed by atoms with Crippen LogP contribution >= 0.6 is 0 Å². The van der Waals surface area contributed by atoms with E-state index in [1.54, 1.807) is 6.26 Å². The van der Waals surface area contributed by atoms with Gasteiger partial charge in [0, 0.05) is 12.1 Å². The van der Waals surface area contributed by atoms with Crippen LogP contribution in [-0.2, 0) is 19.6 Å². The average molecular weight is 447 g/mol. The van der Waals surface area contributed by atoms with Gasteiger partial charge in [0.1, 0.15) is 5.76 Å². The Bertz CT molecular complexity index is 1280. The van der Waals surface area contributed by atoms with E-state index in [9.17, 15) is 4.79 Å². The van der Waals surface area contributed by atoms with Gasteiger partial charge in [0.2, 0.25) is 0 Å². The first kappa shape index (κ1) is 21.6. The van der Waals surface area contributed by atoms with E-state index < -0.39 is 0 Å². The molecule has 0 atom stereocenters. The van der Waals surface area contributed by atoms with Crippen molar-refractivity contribution in [1.82, 2.24) is 30.1 Å². The Labute approximate surface area is 192 Å². The first-order valence-electron chi connectivity index (χ1n) is 11.7. The highest BCUT2D eigenvalue weighted by Crippen LogP contribution is 2.28. The van der Waals surface area contributed by atoms with Gasteiger partial charge in [0.25, 0.3) is 5.56 Å². The van der Waals surface area contributed by atoms with Crippen molar-refractivity contribution in [3.8, 4) is 0 Å². The highest BCUT2D eigenvalue weighted by Gasteiger charge is 2.22. The minimum absolute atomic E-state index is 0.0625. The van der Waals surface area contributed by atoms with E-state index >= 15 is 0 Å². The van der Waals surface area contributed by atoms with Gasteiger partial charge in [-0.3, -0.25) is 9.69 Å². The topological polar surface area (TPSA) is 92.8 Å². The van der Waals surface area contributed by atoms with E-state index in [4.69, 9.17) is 4.42 Å². The van der Waals surface area contributed by atoms with Crippen molar-refractivity contribution in [2.75, 3.05) is 0 Å². The summed E-state index contributed by atoms with van der Waals surface area (Å²) in [5.74, 6) is 1.67. The summed E-state index contributed by atoms with van der Waals surface area (Å²) in [5, 5.41) is 13.7. The molecule has 0 amide bonds. The largest absolute Gasteiger partial charge is 0.468 e. The number of aromatic nitrogens is 5. The fourth-order valence-electron chi connectivity index (χ4n) is 4.84. The molecule has 0 spiro atoms. The first-order chi connectivity index (χ1) is 16.1. The number of furan rings is 1. The molecular weight excluding hydrogens is 416 g/mol. The molecule has 0 aliphatic heterocycles. The second kappa shape index (κ2) is 9.31. The zero-order chi connectivity index (χ0) is 22.8. The number of hydrogen-bond donors (Lipinski definition) is 1. The van der Waals surface area contributed by atoms with Crippen molar-refractivity contribution in [2.24, 2.45) is 0 Å². The summed E-state index contributed by atoms with van der Waals surface area (Å²) in [5.41, 5.74) is 3.83. The van der Waals surface area contributed by atoms with Crippen LogP contribution in [0.1, 0.15) is 66.4 Å². The number of pyridine rings is 1. The average Bonchev–Trinajstić information content (AvgIpc) is 3.50. The zero-order valence-electron chi connectivity index (χ0n) is 19.3. The quantitative estimate of drug-likeness (QED) is 0.451. The molecular formula is C25H30N6O2. The molecule has 5 rings (SSSR count). The molecule has 1 fully saturated rings. The molecule has 1 saturated carbocycles. The van der Waals surface area contributed by atoms with Crippen molar-refractivity contribution < 1.29 is 4.42 Å². The van der Waals surface area contributed by atoms with Crippen molar-refractivity contribution in [3.05, 3.63) is 75.2 Å². The third-order valence-corrected chi connectivity index (χ3v) is 6.83. The van der Waals surface area contributed by atoms with Gasteiger partial charge in [-0.05, 0) is 71.8 Å². The number of aromatic amines is 1. The van der Waals surface area contributed by atoms with Crippen LogP contribution in [0.15, 0.2) is 45.8 Å². The molecule has 1 aliphatic carbocycles. The molecule has 0 saturated heterocycles. The Hall–Kier alpha value is -3.26. The summed E-state index contributed by atoms with van der Waals surface area (Å²) in [7, 11) is 0. The molecule has 0 bridgehead atoms. The van der Waals surface area contributed by atoms with Crippen LogP contribution in [0.25, 0.3) is 10.9 Å². The number of benzene rings is 1. The van der Waals surface area contributed by atoms with Crippen molar-refractivity contribution in [2.45, 2.75) is 71.6 Å². The van der Waals surface area contributed by atoms with Crippen molar-refractivity contribution >= 4 is 10.9 Å². The van der Waals surface area contributed by atoms with Crippen LogP contribution in [0, 0.1) is 13.8 Å². The lowest BCUT2D eigenvalue weighted by molar-refractivity contribution is 0.209. The third kappa shape index (κ3) is 4.61. The molecule has 1 N–H and O–H groups in total. The van der Waals surface area contributed by atoms with Crippen LogP contribution < -0.4 is 5.56 Å². The number of H-pyrrole nitrogens is 1. The summed E-state index contributed by atoms with van der Waals surface area (Å²) in [4.78, 5) is 18.3. The van der Waals surface area contributed by atoms with E-state index in [1.807, 2.05) is 29.8 Å². The Morgan fingerprint density at radius 2 is 1.97 bits per heavy atom. The molecule has 0 unspecified atom stereocenters. The highest BCUT2D eigenvalue weighted by atomic mass is 16.3. The highest BCUT2D eigenvalue weighted by molar-refractivity contribution is 5.83. The van der Waals surface area contributed by atoms with Crippen LogP contribution in [-0.4, -0.2) is 30.1 Å². The summed E-state index contributed by atoms with van der Waals surface area (Å²) < 4.78 is 7.60. The number of hydrogen-bond acceptors (Lipinski definition) is 6. The Morgan fingerprint density at radius 3 is 2.76 bits per heavy atom. The third-order valence-electron chi connectivity index (χ3n) is 6.83. The van der Waals surface area contributed by atoms with E-state index in [1.165, 1.54) is 24.8 Å². The summed E-state index contributed by atoms with van der Waals surface area (Å²) in [6, 6.07) is 10.3. The van der Waals surface area contributed by atoms with Gasteiger partial charge in [0.15, 0.2) is 5.82 Å². The molecule has 8 heteroatoms. The number of tetrazole rings is 1. The lowest BCUT2D eigenvalue weighted by Crippen LogP contribution is -2.28. The molecule has 0 radical (unpaired) electrons. The maximum Gasteiger partial charge on any atom is 0.252 e. The van der Waals surface area contributed by atoms with E-state index in [0.717, 1.165) is 40.9 Å². The van der Waals surface area contributed by atoms with Crippen LogP contribution in [0.2, 0.25) is 0 Å². The van der Waals surface area contributed by atoms with Gasteiger partial charge in [-0.15, -0.1) is 5.10 Å². The molecule has 172 valence electrons.